The summed E-state index contributed by atoms with van der Waals surface area (Å²) in [6, 6.07) is 7.07. The highest BCUT2D eigenvalue weighted by molar-refractivity contribution is 6.33. The highest BCUT2D eigenvalue weighted by Gasteiger charge is 2.08. The Bertz CT molecular complexity index is 410. The molecule has 0 saturated heterocycles. The minimum absolute atomic E-state index is 0.153. The van der Waals surface area contributed by atoms with Crippen LogP contribution in [0, 0.1) is 5.92 Å². The molecule has 5 heteroatoms. The Morgan fingerprint density at radius 2 is 2.05 bits per heavy atom. The predicted octanol–water partition coefficient (Wildman–Crippen LogP) is 2.28. The number of halogens is 1. The largest absolute Gasteiger partial charge is 0.392 e. The molecular formula is C14H21ClN2O2. The van der Waals surface area contributed by atoms with Gasteiger partial charge in [0.15, 0.2) is 0 Å². The number of aliphatic hydroxyl groups is 1. The normalized spacial score (nSPS) is 12.5. The van der Waals surface area contributed by atoms with E-state index in [9.17, 15) is 9.90 Å². The lowest BCUT2D eigenvalue weighted by atomic mass is 10.1. The molecule has 1 aromatic carbocycles. The van der Waals surface area contributed by atoms with E-state index in [1.807, 2.05) is 13.8 Å². The number of hydrogen-bond acceptors (Lipinski definition) is 3. The summed E-state index contributed by atoms with van der Waals surface area (Å²) in [5.41, 5.74) is 0.596. The standard InChI is InChI=1S/C14H21ClN2O2/c1-10(2)7-11(18)8-16-9-14(19)17-13-6-4-3-5-12(13)15/h3-6,10-11,16,18H,7-9H2,1-2H3,(H,17,19). The van der Waals surface area contributed by atoms with Crippen molar-refractivity contribution in [1.29, 1.82) is 0 Å². The monoisotopic (exact) mass is 284 g/mol. The molecular weight excluding hydrogens is 264 g/mol. The SMILES string of the molecule is CC(C)CC(O)CNCC(=O)Nc1ccccc1Cl. The van der Waals surface area contributed by atoms with Crippen molar-refractivity contribution in [1.82, 2.24) is 5.32 Å². The summed E-state index contributed by atoms with van der Waals surface area (Å²) in [5, 5.41) is 15.8. The van der Waals surface area contributed by atoms with Crippen LogP contribution in [0.4, 0.5) is 5.69 Å². The zero-order valence-electron chi connectivity index (χ0n) is 11.3. The molecule has 3 N–H and O–H groups in total. The van der Waals surface area contributed by atoms with Gasteiger partial charge in [0, 0.05) is 6.54 Å². The fourth-order valence-corrected chi connectivity index (χ4v) is 1.92. The summed E-state index contributed by atoms with van der Waals surface area (Å²) in [4.78, 5) is 11.7. The molecule has 106 valence electrons. The average Bonchev–Trinajstić information content (AvgIpc) is 2.31. The minimum atomic E-state index is -0.423. The van der Waals surface area contributed by atoms with Gasteiger partial charge in [-0.15, -0.1) is 0 Å². The molecule has 0 bridgehead atoms. The Morgan fingerprint density at radius 1 is 1.37 bits per heavy atom. The third kappa shape index (κ3) is 6.57. The van der Waals surface area contributed by atoms with E-state index < -0.39 is 6.10 Å². The molecule has 0 heterocycles. The fourth-order valence-electron chi connectivity index (χ4n) is 1.74. The number of rotatable bonds is 7. The van der Waals surface area contributed by atoms with Gasteiger partial charge in [0.25, 0.3) is 0 Å². The number of para-hydroxylation sites is 1. The van der Waals surface area contributed by atoms with Crippen LogP contribution in [0.5, 0.6) is 0 Å². The summed E-state index contributed by atoms with van der Waals surface area (Å²) < 4.78 is 0. The first-order valence-electron chi connectivity index (χ1n) is 6.42. The Balaban J connectivity index is 2.27. The van der Waals surface area contributed by atoms with E-state index in [2.05, 4.69) is 10.6 Å². The molecule has 0 aliphatic heterocycles. The second kappa shape index (κ2) is 8.15. The van der Waals surface area contributed by atoms with Crippen molar-refractivity contribution in [2.24, 2.45) is 5.92 Å². The van der Waals surface area contributed by atoms with Crippen LogP contribution < -0.4 is 10.6 Å². The van der Waals surface area contributed by atoms with Gasteiger partial charge in [-0.2, -0.15) is 0 Å². The van der Waals surface area contributed by atoms with E-state index in [1.165, 1.54) is 0 Å². The van der Waals surface area contributed by atoms with Gasteiger partial charge in [0.2, 0.25) is 5.91 Å². The maximum atomic E-state index is 11.7. The highest BCUT2D eigenvalue weighted by atomic mass is 35.5. The Morgan fingerprint density at radius 3 is 2.68 bits per heavy atom. The van der Waals surface area contributed by atoms with Gasteiger partial charge in [-0.05, 0) is 24.5 Å². The lowest BCUT2D eigenvalue weighted by Gasteiger charge is -2.14. The van der Waals surface area contributed by atoms with E-state index in [1.54, 1.807) is 24.3 Å². The van der Waals surface area contributed by atoms with Crippen LogP contribution in [0.1, 0.15) is 20.3 Å². The van der Waals surface area contributed by atoms with Crippen LogP contribution in [-0.2, 0) is 4.79 Å². The van der Waals surface area contributed by atoms with Crippen molar-refractivity contribution in [2.75, 3.05) is 18.4 Å². The van der Waals surface area contributed by atoms with Crippen molar-refractivity contribution in [3.63, 3.8) is 0 Å². The molecule has 0 aliphatic rings. The lowest BCUT2D eigenvalue weighted by molar-refractivity contribution is -0.115. The van der Waals surface area contributed by atoms with E-state index in [4.69, 9.17) is 11.6 Å². The first-order valence-corrected chi connectivity index (χ1v) is 6.80. The van der Waals surface area contributed by atoms with E-state index in [0.29, 0.717) is 23.2 Å². The molecule has 1 atom stereocenters. The second-order valence-corrected chi connectivity index (χ2v) is 5.35. The summed E-state index contributed by atoms with van der Waals surface area (Å²) >= 11 is 5.93. The number of carbonyl (C=O) groups excluding carboxylic acids is 1. The van der Waals surface area contributed by atoms with Gasteiger partial charge >= 0.3 is 0 Å². The number of nitrogens with one attached hydrogen (secondary N) is 2. The third-order valence-electron chi connectivity index (χ3n) is 2.56. The lowest BCUT2D eigenvalue weighted by Crippen LogP contribution is -2.34. The molecule has 0 spiro atoms. The topological polar surface area (TPSA) is 61.4 Å². The smallest absolute Gasteiger partial charge is 0.238 e. The van der Waals surface area contributed by atoms with Gasteiger partial charge in [0.05, 0.1) is 23.4 Å². The van der Waals surface area contributed by atoms with Gasteiger partial charge < -0.3 is 15.7 Å². The van der Waals surface area contributed by atoms with Crippen molar-refractivity contribution in [3.8, 4) is 0 Å². The molecule has 0 radical (unpaired) electrons. The Hall–Kier alpha value is -1.10. The number of carbonyl (C=O) groups is 1. The fraction of sp³-hybridized carbons (Fsp3) is 0.500. The van der Waals surface area contributed by atoms with Gasteiger partial charge in [-0.25, -0.2) is 0 Å². The summed E-state index contributed by atoms with van der Waals surface area (Å²) in [6.07, 6.45) is 0.298. The first-order chi connectivity index (χ1) is 8.99. The molecule has 0 aliphatic carbocycles. The quantitative estimate of drug-likeness (QED) is 0.720. The number of benzene rings is 1. The van der Waals surface area contributed by atoms with Crippen LogP contribution >= 0.6 is 11.6 Å². The molecule has 19 heavy (non-hydrogen) atoms. The van der Waals surface area contributed by atoms with Gasteiger partial charge in [0.1, 0.15) is 0 Å². The second-order valence-electron chi connectivity index (χ2n) is 4.94. The van der Waals surface area contributed by atoms with E-state index in [-0.39, 0.29) is 12.5 Å². The molecule has 1 amide bonds. The van der Waals surface area contributed by atoms with E-state index >= 15 is 0 Å². The number of aliphatic hydroxyl groups excluding tert-OH is 1. The van der Waals surface area contributed by atoms with Crippen molar-refractivity contribution >= 4 is 23.2 Å². The molecule has 1 rings (SSSR count). The minimum Gasteiger partial charge on any atom is -0.392 e. The van der Waals surface area contributed by atoms with Crippen molar-refractivity contribution in [3.05, 3.63) is 29.3 Å². The predicted molar refractivity (Wildman–Crippen MR) is 78.4 cm³/mol. The summed E-state index contributed by atoms with van der Waals surface area (Å²) in [5.74, 6) is 0.263. The molecule has 1 unspecified atom stereocenters. The number of anilines is 1. The third-order valence-corrected chi connectivity index (χ3v) is 2.89. The average molecular weight is 285 g/mol. The zero-order chi connectivity index (χ0) is 14.3. The molecule has 0 fully saturated rings. The van der Waals surface area contributed by atoms with Crippen LogP contribution in [0.3, 0.4) is 0 Å². The van der Waals surface area contributed by atoms with Gasteiger partial charge in [-0.3, -0.25) is 4.79 Å². The highest BCUT2D eigenvalue weighted by Crippen LogP contribution is 2.19. The Labute approximate surface area is 119 Å². The van der Waals surface area contributed by atoms with Crippen LogP contribution in [0.25, 0.3) is 0 Å². The number of hydrogen-bond donors (Lipinski definition) is 3. The maximum Gasteiger partial charge on any atom is 0.238 e. The molecule has 1 aromatic rings. The first kappa shape index (κ1) is 16.0. The van der Waals surface area contributed by atoms with Crippen molar-refractivity contribution in [2.45, 2.75) is 26.4 Å². The molecule has 0 aromatic heterocycles. The molecule has 4 nitrogen and oxygen atoms in total. The molecule has 0 saturated carbocycles. The van der Waals surface area contributed by atoms with Gasteiger partial charge in [-0.1, -0.05) is 37.6 Å². The zero-order valence-corrected chi connectivity index (χ0v) is 12.1. The number of amides is 1. The van der Waals surface area contributed by atoms with Crippen LogP contribution in [0.2, 0.25) is 5.02 Å². The van der Waals surface area contributed by atoms with Crippen LogP contribution in [0.15, 0.2) is 24.3 Å². The Kier molecular flexibility index (Phi) is 6.84. The summed E-state index contributed by atoms with van der Waals surface area (Å²) in [6.45, 7) is 4.66. The van der Waals surface area contributed by atoms with Crippen LogP contribution in [-0.4, -0.2) is 30.2 Å². The maximum absolute atomic E-state index is 11.7. The van der Waals surface area contributed by atoms with Crippen molar-refractivity contribution < 1.29 is 9.90 Å². The van der Waals surface area contributed by atoms with E-state index in [0.717, 1.165) is 6.42 Å². The summed E-state index contributed by atoms with van der Waals surface area (Å²) in [7, 11) is 0.